The van der Waals surface area contributed by atoms with Gasteiger partial charge >= 0.3 is 0 Å². The molecule has 0 aromatic carbocycles. The molecule has 1 fully saturated rings. The minimum atomic E-state index is -0.0313. The lowest BCUT2D eigenvalue weighted by Crippen LogP contribution is -2.50. The Morgan fingerprint density at radius 3 is 2.69 bits per heavy atom. The Morgan fingerprint density at radius 2 is 2.31 bits per heavy atom. The standard InChI is InChI=1S/C8H17N3O.ClH/c1-8(3-4-10-6-8)11(2)7(12)5-9;/h10H,3-6,9H2,1-2H3;1H. The van der Waals surface area contributed by atoms with Crippen LogP contribution >= 0.6 is 12.4 Å². The van der Waals surface area contributed by atoms with Crippen LogP contribution in [-0.4, -0.2) is 43.0 Å². The molecule has 1 saturated heterocycles. The van der Waals surface area contributed by atoms with Crippen molar-refractivity contribution >= 4 is 18.3 Å². The van der Waals surface area contributed by atoms with E-state index in [1.54, 1.807) is 4.90 Å². The maximum atomic E-state index is 11.3. The van der Waals surface area contributed by atoms with Gasteiger partial charge < -0.3 is 16.0 Å². The molecule has 0 spiro atoms. The first-order valence-corrected chi connectivity index (χ1v) is 4.27. The largest absolute Gasteiger partial charge is 0.338 e. The van der Waals surface area contributed by atoms with E-state index in [2.05, 4.69) is 12.2 Å². The molecule has 0 bridgehead atoms. The molecule has 0 aliphatic carbocycles. The summed E-state index contributed by atoms with van der Waals surface area (Å²) in [7, 11) is 1.82. The Balaban J connectivity index is 0.00000144. The lowest BCUT2D eigenvalue weighted by molar-refractivity contribution is -0.132. The van der Waals surface area contributed by atoms with Crippen LogP contribution in [0.4, 0.5) is 0 Å². The van der Waals surface area contributed by atoms with E-state index in [-0.39, 0.29) is 30.4 Å². The zero-order valence-corrected chi connectivity index (χ0v) is 8.99. The van der Waals surface area contributed by atoms with Crippen molar-refractivity contribution in [1.29, 1.82) is 0 Å². The molecule has 1 heterocycles. The molecule has 1 amide bonds. The minimum absolute atomic E-state index is 0. The van der Waals surface area contributed by atoms with Crippen LogP contribution in [0.1, 0.15) is 13.3 Å². The zero-order valence-electron chi connectivity index (χ0n) is 8.17. The van der Waals surface area contributed by atoms with Crippen molar-refractivity contribution < 1.29 is 4.79 Å². The van der Waals surface area contributed by atoms with Crippen molar-refractivity contribution in [3.63, 3.8) is 0 Å². The summed E-state index contributed by atoms with van der Waals surface area (Å²) in [5.74, 6) is 0.0150. The molecule has 1 aliphatic heterocycles. The van der Waals surface area contributed by atoms with Crippen LogP contribution in [0.2, 0.25) is 0 Å². The third-order valence-electron chi connectivity index (χ3n) is 2.70. The first-order valence-electron chi connectivity index (χ1n) is 4.27. The van der Waals surface area contributed by atoms with Crippen LogP contribution in [0.15, 0.2) is 0 Å². The number of carbonyl (C=O) groups is 1. The van der Waals surface area contributed by atoms with Gasteiger partial charge in [-0.1, -0.05) is 0 Å². The van der Waals surface area contributed by atoms with E-state index in [1.165, 1.54) is 0 Å². The van der Waals surface area contributed by atoms with Gasteiger partial charge in [-0.25, -0.2) is 0 Å². The summed E-state index contributed by atoms with van der Waals surface area (Å²) >= 11 is 0. The summed E-state index contributed by atoms with van der Waals surface area (Å²) in [6, 6.07) is 0. The van der Waals surface area contributed by atoms with Crippen LogP contribution in [0.25, 0.3) is 0 Å². The molecule has 1 unspecified atom stereocenters. The van der Waals surface area contributed by atoms with E-state index in [0.717, 1.165) is 19.5 Å². The van der Waals surface area contributed by atoms with Crippen molar-refractivity contribution in [2.24, 2.45) is 5.73 Å². The summed E-state index contributed by atoms with van der Waals surface area (Å²) in [6.45, 7) is 4.04. The molecule has 3 N–H and O–H groups in total. The van der Waals surface area contributed by atoms with Gasteiger partial charge in [0.2, 0.25) is 5.91 Å². The van der Waals surface area contributed by atoms with Crippen molar-refractivity contribution in [3.8, 4) is 0 Å². The third kappa shape index (κ3) is 2.56. The van der Waals surface area contributed by atoms with Crippen molar-refractivity contribution in [3.05, 3.63) is 0 Å². The fourth-order valence-corrected chi connectivity index (χ4v) is 1.53. The quantitative estimate of drug-likeness (QED) is 0.647. The monoisotopic (exact) mass is 207 g/mol. The second-order valence-electron chi connectivity index (χ2n) is 3.58. The normalized spacial score (nSPS) is 26.7. The Labute approximate surface area is 85.3 Å². The Morgan fingerprint density at radius 1 is 1.69 bits per heavy atom. The summed E-state index contributed by atoms with van der Waals surface area (Å²) in [5, 5.41) is 3.24. The average molecular weight is 208 g/mol. The van der Waals surface area contributed by atoms with Crippen LogP contribution in [0, 0.1) is 0 Å². The summed E-state index contributed by atoms with van der Waals surface area (Å²) in [5.41, 5.74) is 5.26. The fraction of sp³-hybridized carbons (Fsp3) is 0.875. The molecule has 0 radical (unpaired) electrons. The molecule has 1 rings (SSSR count). The van der Waals surface area contributed by atoms with Gasteiger partial charge in [0, 0.05) is 13.6 Å². The lowest BCUT2D eigenvalue weighted by Gasteiger charge is -2.34. The van der Waals surface area contributed by atoms with Crippen molar-refractivity contribution in [2.45, 2.75) is 18.9 Å². The van der Waals surface area contributed by atoms with E-state index in [9.17, 15) is 4.79 Å². The molecular formula is C8H18ClN3O. The molecule has 5 heteroatoms. The average Bonchev–Trinajstić information content (AvgIpc) is 2.50. The molecule has 13 heavy (non-hydrogen) atoms. The number of nitrogens with two attached hydrogens (primary N) is 1. The predicted molar refractivity (Wildman–Crippen MR) is 55.0 cm³/mol. The molecule has 0 aromatic heterocycles. The van der Waals surface area contributed by atoms with Gasteiger partial charge in [0.05, 0.1) is 12.1 Å². The number of rotatable bonds is 2. The Kier molecular flexibility index (Phi) is 4.67. The van der Waals surface area contributed by atoms with Crippen LogP contribution in [0.3, 0.4) is 0 Å². The number of carbonyl (C=O) groups excluding carboxylic acids is 1. The number of hydrogen-bond donors (Lipinski definition) is 2. The molecular weight excluding hydrogens is 190 g/mol. The highest BCUT2D eigenvalue weighted by molar-refractivity contribution is 5.85. The van der Waals surface area contributed by atoms with E-state index in [1.807, 2.05) is 7.05 Å². The SMILES string of the molecule is CN(C(=O)CN)C1(C)CCNC1.Cl. The van der Waals surface area contributed by atoms with Gasteiger partial charge in [-0.05, 0) is 19.9 Å². The van der Waals surface area contributed by atoms with Gasteiger partial charge in [0.1, 0.15) is 0 Å². The second kappa shape index (κ2) is 4.79. The fourth-order valence-electron chi connectivity index (χ4n) is 1.53. The van der Waals surface area contributed by atoms with Crippen LogP contribution in [-0.2, 0) is 4.79 Å². The minimum Gasteiger partial charge on any atom is -0.338 e. The molecule has 78 valence electrons. The number of likely N-dealkylation sites (N-methyl/N-ethyl adjacent to an activating group) is 1. The topological polar surface area (TPSA) is 58.4 Å². The van der Waals surface area contributed by atoms with E-state index < -0.39 is 0 Å². The number of nitrogens with one attached hydrogen (secondary N) is 1. The van der Waals surface area contributed by atoms with E-state index >= 15 is 0 Å². The van der Waals surface area contributed by atoms with Crippen LogP contribution in [0.5, 0.6) is 0 Å². The molecule has 1 atom stereocenters. The number of nitrogens with zero attached hydrogens (tertiary/aromatic N) is 1. The van der Waals surface area contributed by atoms with Gasteiger partial charge in [-0.3, -0.25) is 4.79 Å². The Hall–Kier alpha value is -0.320. The number of amides is 1. The summed E-state index contributed by atoms with van der Waals surface area (Å²) in [4.78, 5) is 13.0. The first kappa shape index (κ1) is 12.7. The summed E-state index contributed by atoms with van der Waals surface area (Å²) < 4.78 is 0. The van der Waals surface area contributed by atoms with Crippen LogP contribution < -0.4 is 11.1 Å². The van der Waals surface area contributed by atoms with Gasteiger partial charge in [0.25, 0.3) is 0 Å². The van der Waals surface area contributed by atoms with Crippen molar-refractivity contribution in [1.82, 2.24) is 10.2 Å². The lowest BCUT2D eigenvalue weighted by atomic mass is 9.99. The highest BCUT2D eigenvalue weighted by Crippen LogP contribution is 2.20. The summed E-state index contributed by atoms with van der Waals surface area (Å²) in [6.07, 6.45) is 1.01. The number of halogens is 1. The second-order valence-corrected chi connectivity index (χ2v) is 3.58. The van der Waals surface area contributed by atoms with Gasteiger partial charge in [-0.15, -0.1) is 12.4 Å². The maximum absolute atomic E-state index is 11.3. The predicted octanol–water partition coefficient (Wildman–Crippen LogP) is -0.423. The first-order chi connectivity index (χ1) is 5.60. The van der Waals surface area contributed by atoms with E-state index in [4.69, 9.17) is 5.73 Å². The Bertz CT molecular complexity index is 180. The smallest absolute Gasteiger partial charge is 0.236 e. The molecule has 1 aliphatic rings. The molecule has 4 nitrogen and oxygen atoms in total. The number of hydrogen-bond acceptors (Lipinski definition) is 3. The van der Waals surface area contributed by atoms with E-state index in [0.29, 0.717) is 0 Å². The van der Waals surface area contributed by atoms with Crippen molar-refractivity contribution in [2.75, 3.05) is 26.7 Å². The van der Waals surface area contributed by atoms with Gasteiger partial charge in [-0.2, -0.15) is 0 Å². The zero-order chi connectivity index (χ0) is 9.19. The highest BCUT2D eigenvalue weighted by atomic mass is 35.5. The third-order valence-corrected chi connectivity index (χ3v) is 2.70. The molecule has 0 aromatic rings. The van der Waals surface area contributed by atoms with Gasteiger partial charge in [0.15, 0.2) is 0 Å². The molecule has 0 saturated carbocycles. The highest BCUT2D eigenvalue weighted by Gasteiger charge is 2.34. The maximum Gasteiger partial charge on any atom is 0.236 e.